The van der Waals surface area contributed by atoms with Crippen LogP contribution in [0.25, 0.3) is 0 Å². The van der Waals surface area contributed by atoms with Gasteiger partial charge in [-0.3, -0.25) is 9.89 Å². The van der Waals surface area contributed by atoms with Crippen molar-refractivity contribution in [3.05, 3.63) is 22.4 Å². The zero-order chi connectivity index (χ0) is 16.1. The summed E-state index contributed by atoms with van der Waals surface area (Å²) in [6.45, 7) is 9.87. The van der Waals surface area contributed by atoms with E-state index in [4.69, 9.17) is 4.99 Å². The van der Waals surface area contributed by atoms with E-state index in [1.165, 1.54) is 37.2 Å². The molecule has 0 bridgehead atoms. The summed E-state index contributed by atoms with van der Waals surface area (Å²) in [5.74, 6) is 2.56. The maximum absolute atomic E-state index is 4.83. The molecule has 2 N–H and O–H groups in total. The van der Waals surface area contributed by atoms with Gasteiger partial charge in [-0.1, -0.05) is 13.0 Å². The van der Waals surface area contributed by atoms with E-state index in [0.717, 1.165) is 37.4 Å². The predicted octanol–water partition coefficient (Wildman–Crippen LogP) is 3.54. The molecule has 1 aliphatic carbocycles. The van der Waals surface area contributed by atoms with Crippen molar-refractivity contribution in [3.63, 3.8) is 0 Å². The summed E-state index contributed by atoms with van der Waals surface area (Å²) >= 11 is 1.87. The average Bonchev–Trinajstić information content (AvgIpc) is 3.01. The summed E-state index contributed by atoms with van der Waals surface area (Å²) in [5, 5.41) is 9.11. The number of halogens is 1. The van der Waals surface area contributed by atoms with Gasteiger partial charge in [-0.25, -0.2) is 0 Å². The van der Waals surface area contributed by atoms with E-state index in [0.29, 0.717) is 6.04 Å². The first-order valence-corrected chi connectivity index (χ1v) is 9.92. The molecule has 4 nitrogen and oxygen atoms in total. The monoisotopic (exact) mass is 462 g/mol. The number of likely N-dealkylation sites (tertiary alicyclic amines) is 1. The topological polar surface area (TPSA) is 39.7 Å². The van der Waals surface area contributed by atoms with Gasteiger partial charge >= 0.3 is 0 Å². The van der Waals surface area contributed by atoms with E-state index in [2.05, 4.69) is 46.9 Å². The van der Waals surface area contributed by atoms with Crippen LogP contribution in [-0.4, -0.2) is 43.1 Å². The van der Waals surface area contributed by atoms with Gasteiger partial charge in [0.2, 0.25) is 0 Å². The Balaban J connectivity index is 0.00000208. The fourth-order valence-corrected chi connectivity index (χ4v) is 3.94. The van der Waals surface area contributed by atoms with Crippen molar-refractivity contribution in [2.45, 2.75) is 45.7 Å². The second kappa shape index (κ2) is 9.97. The third kappa shape index (κ3) is 6.19. The molecule has 2 heterocycles. The molecule has 1 aliphatic heterocycles. The Morgan fingerprint density at radius 3 is 2.71 bits per heavy atom. The summed E-state index contributed by atoms with van der Waals surface area (Å²) in [6, 6.07) is 5.03. The van der Waals surface area contributed by atoms with Gasteiger partial charge in [0.1, 0.15) is 0 Å². The number of hydrogen-bond acceptors (Lipinski definition) is 3. The maximum Gasteiger partial charge on any atom is 0.191 e. The fraction of sp³-hybridized carbons (Fsp3) is 0.722. The first-order chi connectivity index (χ1) is 11.2. The van der Waals surface area contributed by atoms with E-state index in [9.17, 15) is 0 Å². The summed E-state index contributed by atoms with van der Waals surface area (Å²) in [6.07, 6.45) is 3.83. The molecule has 2 aliphatic rings. The van der Waals surface area contributed by atoms with E-state index in [-0.39, 0.29) is 24.0 Å². The summed E-state index contributed by atoms with van der Waals surface area (Å²) in [4.78, 5) is 8.90. The Morgan fingerprint density at radius 2 is 2.12 bits per heavy atom. The molecular weight excluding hydrogens is 431 g/mol. The molecule has 0 spiro atoms. The first-order valence-electron chi connectivity index (χ1n) is 9.04. The van der Waals surface area contributed by atoms with Crippen LogP contribution >= 0.6 is 35.3 Å². The lowest BCUT2D eigenvalue weighted by molar-refractivity contribution is 0.182. The summed E-state index contributed by atoms with van der Waals surface area (Å²) in [7, 11) is 0. The van der Waals surface area contributed by atoms with E-state index in [1.54, 1.807) is 0 Å². The lowest BCUT2D eigenvalue weighted by Gasteiger charge is -2.31. The summed E-state index contributed by atoms with van der Waals surface area (Å²) < 4.78 is 0. The molecule has 0 radical (unpaired) electrons. The van der Waals surface area contributed by atoms with Crippen molar-refractivity contribution >= 4 is 41.3 Å². The van der Waals surface area contributed by atoms with Crippen LogP contribution in [0.5, 0.6) is 0 Å². The predicted molar refractivity (Wildman–Crippen MR) is 114 cm³/mol. The molecule has 2 fully saturated rings. The normalized spacial score (nSPS) is 25.2. The van der Waals surface area contributed by atoms with Gasteiger partial charge in [-0.15, -0.1) is 35.3 Å². The Morgan fingerprint density at radius 1 is 1.38 bits per heavy atom. The van der Waals surface area contributed by atoms with Crippen LogP contribution in [0.4, 0.5) is 0 Å². The number of aliphatic imine (C=N–C) groups is 1. The average molecular weight is 462 g/mol. The molecule has 24 heavy (non-hydrogen) atoms. The van der Waals surface area contributed by atoms with Crippen molar-refractivity contribution in [2.24, 2.45) is 16.8 Å². The molecule has 1 aromatic heterocycles. The van der Waals surface area contributed by atoms with E-state index >= 15 is 0 Å². The lowest BCUT2D eigenvalue weighted by Crippen LogP contribution is -2.40. The number of rotatable bonds is 6. The number of nitrogens with zero attached hydrogens (tertiary/aromatic N) is 2. The molecule has 0 amide bonds. The highest BCUT2D eigenvalue weighted by atomic mass is 127. The highest BCUT2D eigenvalue weighted by Crippen LogP contribution is 2.28. The molecule has 6 heteroatoms. The Hall–Kier alpha value is -0.340. The van der Waals surface area contributed by atoms with Gasteiger partial charge in [0.05, 0.1) is 0 Å². The number of thiophene rings is 1. The minimum atomic E-state index is 0. The van der Waals surface area contributed by atoms with Crippen molar-refractivity contribution in [3.8, 4) is 0 Å². The van der Waals surface area contributed by atoms with Crippen LogP contribution in [-0.2, 0) is 6.54 Å². The Kier molecular flexibility index (Phi) is 8.30. The molecule has 136 valence electrons. The Labute approximate surface area is 167 Å². The standard InChI is InChI=1S/C18H30N4S.HI/c1-3-19-18(21-17-11-14(17)2)20-12-15-6-8-22(9-7-15)13-16-5-4-10-23-16;/h4-5,10,14-15,17H,3,6-9,11-13H2,1-2H3,(H2,19,20,21);1H. The zero-order valence-corrected chi connectivity index (χ0v) is 18.0. The molecule has 1 aromatic rings. The molecule has 2 atom stereocenters. The van der Waals surface area contributed by atoms with Gasteiger partial charge in [-0.2, -0.15) is 0 Å². The van der Waals surface area contributed by atoms with Crippen molar-refractivity contribution in [1.29, 1.82) is 0 Å². The van der Waals surface area contributed by atoms with Gasteiger partial charge in [0.25, 0.3) is 0 Å². The van der Waals surface area contributed by atoms with Crippen LogP contribution in [0.3, 0.4) is 0 Å². The van der Waals surface area contributed by atoms with Crippen LogP contribution in [0.15, 0.2) is 22.5 Å². The van der Waals surface area contributed by atoms with Gasteiger partial charge in [0.15, 0.2) is 5.96 Å². The third-order valence-electron chi connectivity index (χ3n) is 4.95. The maximum atomic E-state index is 4.83. The van der Waals surface area contributed by atoms with E-state index < -0.39 is 0 Å². The zero-order valence-electron chi connectivity index (χ0n) is 14.8. The van der Waals surface area contributed by atoms with Gasteiger partial charge in [-0.05, 0) is 62.6 Å². The van der Waals surface area contributed by atoms with Crippen LogP contribution in [0.1, 0.15) is 38.0 Å². The van der Waals surface area contributed by atoms with Crippen LogP contribution in [0, 0.1) is 11.8 Å². The van der Waals surface area contributed by atoms with Crippen molar-refractivity contribution in [2.75, 3.05) is 26.2 Å². The smallest absolute Gasteiger partial charge is 0.191 e. The van der Waals surface area contributed by atoms with Gasteiger partial charge < -0.3 is 10.6 Å². The molecule has 0 aromatic carbocycles. The number of guanidine groups is 1. The number of piperidine rings is 1. The second-order valence-corrected chi connectivity index (χ2v) is 8.01. The first kappa shape index (κ1) is 20.0. The van der Waals surface area contributed by atoms with Gasteiger partial charge in [0, 0.05) is 30.6 Å². The lowest BCUT2D eigenvalue weighted by atomic mass is 9.97. The Bertz CT molecular complexity index is 497. The van der Waals surface area contributed by atoms with E-state index in [1.807, 2.05) is 11.3 Å². The quantitative estimate of drug-likeness (QED) is 0.386. The molecular formula is C18H31IN4S. The molecule has 1 saturated carbocycles. The van der Waals surface area contributed by atoms with Crippen LogP contribution in [0.2, 0.25) is 0 Å². The molecule has 2 unspecified atom stereocenters. The fourth-order valence-electron chi connectivity index (χ4n) is 3.19. The van der Waals surface area contributed by atoms with Crippen molar-refractivity contribution in [1.82, 2.24) is 15.5 Å². The highest BCUT2D eigenvalue weighted by Gasteiger charge is 2.33. The highest BCUT2D eigenvalue weighted by molar-refractivity contribution is 14.0. The molecule has 3 rings (SSSR count). The second-order valence-electron chi connectivity index (χ2n) is 6.98. The number of nitrogens with one attached hydrogen (secondary N) is 2. The minimum Gasteiger partial charge on any atom is -0.357 e. The number of hydrogen-bond donors (Lipinski definition) is 2. The van der Waals surface area contributed by atoms with Crippen molar-refractivity contribution < 1.29 is 0 Å². The largest absolute Gasteiger partial charge is 0.357 e. The minimum absolute atomic E-state index is 0. The molecule has 1 saturated heterocycles. The van der Waals surface area contributed by atoms with Crippen LogP contribution < -0.4 is 10.6 Å². The SMILES string of the molecule is CCNC(=NCC1CCN(Cc2cccs2)CC1)NC1CC1C.I. The summed E-state index contributed by atoms with van der Waals surface area (Å²) in [5.41, 5.74) is 0. The third-order valence-corrected chi connectivity index (χ3v) is 5.81.